The molecule has 14 heavy (non-hydrogen) atoms. The molecule has 0 radical (unpaired) electrons. The molecule has 4 nitrogen and oxygen atoms in total. The summed E-state index contributed by atoms with van der Waals surface area (Å²) in [6.45, 7) is 0.307. The first-order chi connectivity index (χ1) is 6.73. The molecule has 0 amide bonds. The second kappa shape index (κ2) is 3.20. The molecule has 72 valence electrons. The van der Waals surface area contributed by atoms with Crippen molar-refractivity contribution in [1.82, 2.24) is 0 Å². The van der Waals surface area contributed by atoms with Crippen LogP contribution in [0, 0.1) is 11.3 Å². The van der Waals surface area contributed by atoms with Crippen molar-refractivity contribution in [3.63, 3.8) is 0 Å². The van der Waals surface area contributed by atoms with Crippen LogP contribution in [0.3, 0.4) is 0 Å². The third-order valence-electron chi connectivity index (χ3n) is 2.04. The van der Waals surface area contributed by atoms with Crippen molar-refractivity contribution in [3.05, 3.63) is 24.3 Å². The average molecular weight is 190 g/mol. The molecule has 0 bridgehead atoms. The van der Waals surface area contributed by atoms with Crippen molar-refractivity contribution >= 4 is 0 Å². The SMILES string of the molecule is N#CC1(N)COc2ccccc2OC1. The van der Waals surface area contributed by atoms with Gasteiger partial charge in [0, 0.05) is 0 Å². The number of fused-ring (bicyclic) bond motifs is 1. The van der Waals surface area contributed by atoms with Crippen LogP contribution in [0.15, 0.2) is 24.3 Å². The maximum absolute atomic E-state index is 8.82. The fourth-order valence-electron chi connectivity index (χ4n) is 1.21. The number of rotatable bonds is 0. The topological polar surface area (TPSA) is 68.3 Å². The smallest absolute Gasteiger partial charge is 0.172 e. The molecule has 1 aromatic carbocycles. The minimum Gasteiger partial charge on any atom is -0.487 e. The van der Waals surface area contributed by atoms with Crippen molar-refractivity contribution in [2.24, 2.45) is 5.73 Å². The van der Waals surface area contributed by atoms with Gasteiger partial charge in [-0.3, -0.25) is 0 Å². The lowest BCUT2D eigenvalue weighted by molar-refractivity contribution is 0.221. The summed E-state index contributed by atoms with van der Waals surface area (Å²) in [6, 6.07) is 9.25. The van der Waals surface area contributed by atoms with E-state index in [-0.39, 0.29) is 13.2 Å². The lowest BCUT2D eigenvalue weighted by Gasteiger charge is -2.16. The molecular formula is C10H10N2O2. The van der Waals surface area contributed by atoms with Crippen molar-refractivity contribution in [1.29, 1.82) is 5.26 Å². The fraction of sp³-hybridized carbons (Fsp3) is 0.300. The van der Waals surface area contributed by atoms with Crippen LogP contribution in [-0.4, -0.2) is 18.8 Å². The van der Waals surface area contributed by atoms with E-state index in [1.807, 2.05) is 18.2 Å². The summed E-state index contributed by atoms with van der Waals surface area (Å²) in [5.74, 6) is 1.27. The number of hydrogen-bond donors (Lipinski definition) is 1. The number of para-hydroxylation sites is 2. The molecule has 0 unspecified atom stereocenters. The molecule has 0 atom stereocenters. The Morgan fingerprint density at radius 1 is 1.21 bits per heavy atom. The van der Waals surface area contributed by atoms with E-state index in [1.165, 1.54) is 0 Å². The molecule has 0 spiro atoms. The summed E-state index contributed by atoms with van der Waals surface area (Å²) in [7, 11) is 0. The highest BCUT2D eigenvalue weighted by Gasteiger charge is 2.30. The molecule has 1 aliphatic heterocycles. The van der Waals surface area contributed by atoms with Crippen LogP contribution >= 0.6 is 0 Å². The lowest BCUT2D eigenvalue weighted by atomic mass is 10.1. The second-order valence-corrected chi connectivity index (χ2v) is 3.29. The third kappa shape index (κ3) is 1.50. The number of nitrogens with two attached hydrogens (primary N) is 1. The molecule has 0 aliphatic carbocycles. The summed E-state index contributed by atoms with van der Waals surface area (Å²) in [6.07, 6.45) is 0. The zero-order chi connectivity index (χ0) is 10.0. The molecule has 0 aromatic heterocycles. The van der Waals surface area contributed by atoms with Crippen LogP contribution in [0.4, 0.5) is 0 Å². The standard InChI is InChI=1S/C10H10N2O2/c11-5-10(12)6-13-8-3-1-2-4-9(8)14-7-10/h1-4H,6-7,12H2. The maximum atomic E-state index is 8.82. The van der Waals surface area contributed by atoms with Gasteiger partial charge in [0.1, 0.15) is 13.2 Å². The van der Waals surface area contributed by atoms with Gasteiger partial charge in [-0.2, -0.15) is 5.26 Å². The predicted octanol–water partition coefficient (Wildman–Crippen LogP) is 0.679. The van der Waals surface area contributed by atoms with Gasteiger partial charge in [0.2, 0.25) is 0 Å². The van der Waals surface area contributed by atoms with Gasteiger partial charge in [-0.1, -0.05) is 12.1 Å². The van der Waals surface area contributed by atoms with Gasteiger partial charge in [-0.05, 0) is 12.1 Å². The summed E-state index contributed by atoms with van der Waals surface area (Å²) >= 11 is 0. The second-order valence-electron chi connectivity index (χ2n) is 3.29. The normalized spacial score (nSPS) is 18.0. The van der Waals surface area contributed by atoms with Gasteiger partial charge >= 0.3 is 0 Å². The average Bonchev–Trinajstić information content (AvgIpc) is 2.40. The van der Waals surface area contributed by atoms with E-state index in [0.717, 1.165) is 0 Å². The van der Waals surface area contributed by atoms with Crippen LogP contribution in [0.25, 0.3) is 0 Å². The summed E-state index contributed by atoms with van der Waals surface area (Å²) in [5, 5.41) is 8.82. The van der Waals surface area contributed by atoms with Crippen LogP contribution in [-0.2, 0) is 0 Å². The third-order valence-corrected chi connectivity index (χ3v) is 2.04. The largest absolute Gasteiger partial charge is 0.487 e. The highest BCUT2D eigenvalue weighted by molar-refractivity contribution is 5.40. The van der Waals surface area contributed by atoms with E-state index in [4.69, 9.17) is 20.5 Å². The number of nitriles is 1. The number of benzene rings is 1. The van der Waals surface area contributed by atoms with E-state index < -0.39 is 5.54 Å². The van der Waals surface area contributed by atoms with Crippen molar-refractivity contribution < 1.29 is 9.47 Å². The van der Waals surface area contributed by atoms with Gasteiger partial charge in [-0.15, -0.1) is 0 Å². The zero-order valence-electron chi connectivity index (χ0n) is 7.56. The summed E-state index contributed by atoms with van der Waals surface area (Å²) < 4.78 is 10.8. The molecule has 2 rings (SSSR count). The first-order valence-corrected chi connectivity index (χ1v) is 4.28. The Hall–Kier alpha value is -1.73. The van der Waals surface area contributed by atoms with Crippen LogP contribution in [0.5, 0.6) is 11.5 Å². The van der Waals surface area contributed by atoms with E-state index in [0.29, 0.717) is 11.5 Å². The lowest BCUT2D eigenvalue weighted by Crippen LogP contribution is -2.48. The first kappa shape index (κ1) is 8.85. The van der Waals surface area contributed by atoms with Gasteiger partial charge in [0.15, 0.2) is 17.0 Å². The van der Waals surface area contributed by atoms with Gasteiger partial charge < -0.3 is 15.2 Å². The Morgan fingerprint density at radius 3 is 2.14 bits per heavy atom. The van der Waals surface area contributed by atoms with E-state index in [2.05, 4.69) is 0 Å². The molecule has 0 saturated heterocycles. The highest BCUT2D eigenvalue weighted by Crippen LogP contribution is 2.29. The van der Waals surface area contributed by atoms with Crippen LogP contribution < -0.4 is 15.2 Å². The molecule has 1 heterocycles. The highest BCUT2D eigenvalue weighted by atomic mass is 16.5. The Morgan fingerprint density at radius 2 is 1.71 bits per heavy atom. The van der Waals surface area contributed by atoms with E-state index in [9.17, 15) is 0 Å². The van der Waals surface area contributed by atoms with Crippen LogP contribution in [0.2, 0.25) is 0 Å². The van der Waals surface area contributed by atoms with Crippen molar-refractivity contribution in [2.75, 3.05) is 13.2 Å². The van der Waals surface area contributed by atoms with Gasteiger partial charge in [-0.25, -0.2) is 0 Å². The fourth-order valence-corrected chi connectivity index (χ4v) is 1.21. The maximum Gasteiger partial charge on any atom is 0.172 e. The minimum atomic E-state index is -1.06. The Bertz CT molecular complexity index is 357. The molecule has 0 fully saturated rings. The van der Waals surface area contributed by atoms with Crippen molar-refractivity contribution in [3.8, 4) is 17.6 Å². The molecule has 0 saturated carbocycles. The van der Waals surface area contributed by atoms with Gasteiger partial charge in [0.05, 0.1) is 6.07 Å². The monoisotopic (exact) mass is 190 g/mol. The first-order valence-electron chi connectivity index (χ1n) is 4.28. The van der Waals surface area contributed by atoms with E-state index >= 15 is 0 Å². The molecular weight excluding hydrogens is 180 g/mol. The van der Waals surface area contributed by atoms with E-state index in [1.54, 1.807) is 12.1 Å². The zero-order valence-corrected chi connectivity index (χ0v) is 7.56. The molecule has 4 heteroatoms. The Kier molecular flexibility index (Phi) is 2.02. The predicted molar refractivity (Wildman–Crippen MR) is 50.0 cm³/mol. The molecule has 1 aromatic rings. The number of nitrogens with zero attached hydrogens (tertiary/aromatic N) is 1. The van der Waals surface area contributed by atoms with Crippen molar-refractivity contribution in [2.45, 2.75) is 5.54 Å². The minimum absolute atomic E-state index is 0.153. The quantitative estimate of drug-likeness (QED) is 0.653. The number of ether oxygens (including phenoxy) is 2. The molecule has 2 N–H and O–H groups in total. The van der Waals surface area contributed by atoms with Gasteiger partial charge in [0.25, 0.3) is 0 Å². The summed E-state index contributed by atoms with van der Waals surface area (Å²) in [5.41, 5.74) is 4.67. The molecule has 1 aliphatic rings. The Balaban J connectivity index is 2.27. The summed E-state index contributed by atoms with van der Waals surface area (Å²) in [4.78, 5) is 0. The Labute approximate surface area is 81.8 Å². The number of hydrogen-bond acceptors (Lipinski definition) is 4. The van der Waals surface area contributed by atoms with Crippen LogP contribution in [0.1, 0.15) is 0 Å².